The van der Waals surface area contributed by atoms with Crippen molar-refractivity contribution in [2.24, 2.45) is 0 Å². The van der Waals surface area contributed by atoms with Gasteiger partial charge in [0.15, 0.2) is 0 Å². The van der Waals surface area contributed by atoms with E-state index in [0.29, 0.717) is 0 Å². The van der Waals surface area contributed by atoms with E-state index in [2.05, 4.69) is 10.1 Å². The normalized spacial score (nSPS) is 20.8. The summed E-state index contributed by atoms with van der Waals surface area (Å²) in [6.07, 6.45) is 0.866. The predicted octanol–water partition coefficient (Wildman–Crippen LogP) is -0.582. The minimum absolute atomic E-state index is 0.0648. The number of nitrogens with one attached hydrogen (secondary N) is 1. The van der Waals surface area contributed by atoms with Crippen LogP contribution in [0.25, 0.3) is 0 Å². The second-order valence-corrected chi connectivity index (χ2v) is 2.05. The molecule has 1 fully saturated rings. The van der Waals surface area contributed by atoms with E-state index in [-0.39, 0.29) is 6.10 Å². The van der Waals surface area contributed by atoms with Crippen LogP contribution in [0.3, 0.4) is 0 Å². The van der Waals surface area contributed by atoms with Crippen LogP contribution in [0.5, 0.6) is 0 Å². The van der Waals surface area contributed by atoms with Crippen LogP contribution in [-0.2, 0) is 9.53 Å². The molecule has 68 valence electrons. The highest BCUT2D eigenvalue weighted by atomic mass is 16.4. The molecule has 1 atom stereocenters. The molecule has 11 heavy (non-hydrogen) atoms. The highest BCUT2D eigenvalue weighted by molar-refractivity contribution is 5.10. The van der Waals surface area contributed by atoms with Gasteiger partial charge in [0.05, 0.1) is 6.10 Å². The van der Waals surface area contributed by atoms with Crippen molar-refractivity contribution >= 4 is 6.79 Å². The van der Waals surface area contributed by atoms with E-state index >= 15 is 0 Å². The molecule has 0 aromatic heterocycles. The van der Waals surface area contributed by atoms with Crippen LogP contribution in [0.15, 0.2) is 0 Å². The Bertz CT molecular complexity index is 64.7. The summed E-state index contributed by atoms with van der Waals surface area (Å²) < 4.78 is 4.25. The molecule has 0 aromatic carbocycles. The lowest BCUT2D eigenvalue weighted by Crippen LogP contribution is -2.11. The molecule has 0 bridgehead atoms. The quantitative estimate of drug-likeness (QED) is 0.501. The number of methoxy groups -OCH3 is 1. The molecule has 0 aromatic rings. The molecular formula is C7H17NO3. The molecule has 4 heteroatoms. The first-order chi connectivity index (χ1) is 5.31. The van der Waals surface area contributed by atoms with Crippen molar-refractivity contribution in [2.75, 3.05) is 27.3 Å². The van der Waals surface area contributed by atoms with Crippen LogP contribution in [0, 0.1) is 0 Å². The average Bonchev–Trinajstić information content (AvgIpc) is 2.46. The zero-order chi connectivity index (χ0) is 9.11. The largest absolute Gasteiger partial charge is 0.392 e. The van der Waals surface area contributed by atoms with Gasteiger partial charge < -0.3 is 20.0 Å². The maximum absolute atomic E-state index is 8.67. The van der Waals surface area contributed by atoms with Gasteiger partial charge in [-0.1, -0.05) is 0 Å². The molecule has 1 heterocycles. The highest BCUT2D eigenvalue weighted by Gasteiger charge is 2.08. The second-order valence-electron chi connectivity index (χ2n) is 2.05. The van der Waals surface area contributed by atoms with Crippen LogP contribution in [0.4, 0.5) is 0 Å². The Labute approximate surface area is 67.6 Å². The molecule has 0 saturated carbocycles. The fraction of sp³-hybridized carbons (Fsp3) is 0.857. The maximum atomic E-state index is 8.67. The van der Waals surface area contributed by atoms with Crippen LogP contribution in [-0.4, -0.2) is 45.3 Å². The van der Waals surface area contributed by atoms with Crippen LogP contribution >= 0.6 is 0 Å². The third-order valence-corrected chi connectivity index (χ3v) is 1.03. The molecule has 0 spiro atoms. The highest BCUT2D eigenvalue weighted by Crippen LogP contribution is 1.93. The molecule has 1 unspecified atom stereocenters. The minimum atomic E-state index is -0.0648. The van der Waals surface area contributed by atoms with E-state index in [1.807, 2.05) is 6.79 Å². The van der Waals surface area contributed by atoms with Gasteiger partial charge in [-0.3, -0.25) is 0 Å². The van der Waals surface area contributed by atoms with Crippen LogP contribution in [0.1, 0.15) is 6.42 Å². The number of carbonyl (C=O) groups excluding carboxylic acids is 1. The van der Waals surface area contributed by atoms with E-state index in [1.54, 1.807) is 14.2 Å². The van der Waals surface area contributed by atoms with Gasteiger partial charge in [-0.05, 0) is 13.0 Å². The van der Waals surface area contributed by atoms with Crippen molar-refractivity contribution in [1.29, 1.82) is 0 Å². The molecule has 1 aliphatic rings. The van der Waals surface area contributed by atoms with Gasteiger partial charge in [-0.25, -0.2) is 0 Å². The van der Waals surface area contributed by atoms with Crippen molar-refractivity contribution in [2.45, 2.75) is 12.5 Å². The smallest absolute Gasteiger partial charge is 0.106 e. The van der Waals surface area contributed by atoms with Crippen molar-refractivity contribution in [3.63, 3.8) is 0 Å². The molecule has 4 nitrogen and oxygen atoms in total. The Morgan fingerprint density at radius 3 is 2.09 bits per heavy atom. The summed E-state index contributed by atoms with van der Waals surface area (Å²) in [6.45, 7) is 3.78. The lowest BCUT2D eigenvalue weighted by Gasteiger charge is -1.90. The minimum Gasteiger partial charge on any atom is -0.392 e. The van der Waals surface area contributed by atoms with Crippen molar-refractivity contribution < 1.29 is 14.6 Å². The molecule has 0 amide bonds. The van der Waals surface area contributed by atoms with E-state index in [9.17, 15) is 0 Å². The maximum Gasteiger partial charge on any atom is 0.106 e. The molecular weight excluding hydrogens is 146 g/mol. The number of ether oxygens (including phenoxy) is 1. The lowest BCUT2D eigenvalue weighted by atomic mass is 10.3. The number of hydrogen-bond acceptors (Lipinski definition) is 4. The van der Waals surface area contributed by atoms with E-state index in [0.717, 1.165) is 19.5 Å². The summed E-state index contributed by atoms with van der Waals surface area (Å²) in [4.78, 5) is 8.00. The summed E-state index contributed by atoms with van der Waals surface area (Å²) in [7, 11) is 3.25. The summed E-state index contributed by atoms with van der Waals surface area (Å²) in [5, 5.41) is 11.7. The third kappa shape index (κ3) is 12.7. The molecule has 0 radical (unpaired) electrons. The van der Waals surface area contributed by atoms with Gasteiger partial charge in [0, 0.05) is 20.8 Å². The first kappa shape index (κ1) is 13.2. The SMILES string of the molecule is C=O.COC.OC1CCNC1. The number of hydrogen-bond donors (Lipinski definition) is 2. The molecule has 1 aliphatic heterocycles. The lowest BCUT2D eigenvalue weighted by molar-refractivity contribution is -0.0979. The van der Waals surface area contributed by atoms with E-state index in [4.69, 9.17) is 9.90 Å². The van der Waals surface area contributed by atoms with Gasteiger partial charge in [0.25, 0.3) is 0 Å². The average molecular weight is 163 g/mol. The number of aliphatic hydroxyl groups excluding tert-OH is 1. The Kier molecular flexibility index (Phi) is 14.7. The number of carbonyl (C=O) groups is 1. The molecule has 1 saturated heterocycles. The summed E-state index contributed by atoms with van der Waals surface area (Å²) in [6, 6.07) is 0. The Hall–Kier alpha value is -0.450. The standard InChI is InChI=1S/C4H9NO.C2H6O.CH2O/c6-4-1-2-5-3-4;1-3-2;1-2/h4-6H,1-3H2;1-2H3;1H2. The Morgan fingerprint density at radius 1 is 1.55 bits per heavy atom. The predicted molar refractivity (Wildman–Crippen MR) is 43.5 cm³/mol. The second kappa shape index (κ2) is 12.2. The molecule has 0 aliphatic carbocycles. The van der Waals surface area contributed by atoms with Gasteiger partial charge in [0.1, 0.15) is 6.79 Å². The first-order valence-corrected chi connectivity index (χ1v) is 3.39. The third-order valence-electron chi connectivity index (χ3n) is 1.03. The fourth-order valence-electron chi connectivity index (χ4n) is 0.639. The Morgan fingerprint density at radius 2 is 2.00 bits per heavy atom. The number of rotatable bonds is 0. The molecule has 1 rings (SSSR count). The summed E-state index contributed by atoms with van der Waals surface area (Å²) >= 11 is 0. The van der Waals surface area contributed by atoms with E-state index in [1.165, 1.54) is 0 Å². The summed E-state index contributed by atoms with van der Waals surface area (Å²) in [5.41, 5.74) is 0. The topological polar surface area (TPSA) is 58.6 Å². The number of β-amino-alcohol motifs (C(OH)–C–C–N with tert-alkyl or cyclic N) is 1. The van der Waals surface area contributed by atoms with E-state index < -0.39 is 0 Å². The molecule has 2 N–H and O–H groups in total. The van der Waals surface area contributed by atoms with Gasteiger partial charge >= 0.3 is 0 Å². The zero-order valence-electron chi connectivity index (χ0n) is 7.17. The number of aliphatic hydroxyl groups is 1. The van der Waals surface area contributed by atoms with Crippen LogP contribution in [0.2, 0.25) is 0 Å². The van der Waals surface area contributed by atoms with Gasteiger partial charge in [-0.2, -0.15) is 0 Å². The first-order valence-electron chi connectivity index (χ1n) is 3.39. The van der Waals surface area contributed by atoms with Crippen LogP contribution < -0.4 is 5.32 Å². The monoisotopic (exact) mass is 163 g/mol. The van der Waals surface area contributed by atoms with Crippen molar-refractivity contribution in [1.82, 2.24) is 5.32 Å². The fourth-order valence-corrected chi connectivity index (χ4v) is 0.639. The Balaban J connectivity index is 0. The van der Waals surface area contributed by atoms with Crippen molar-refractivity contribution in [3.05, 3.63) is 0 Å². The summed E-state index contributed by atoms with van der Waals surface area (Å²) in [5.74, 6) is 0. The zero-order valence-corrected chi connectivity index (χ0v) is 7.17. The van der Waals surface area contributed by atoms with Gasteiger partial charge in [-0.15, -0.1) is 0 Å². The van der Waals surface area contributed by atoms with Gasteiger partial charge in [0.2, 0.25) is 0 Å². The van der Waals surface area contributed by atoms with Crippen molar-refractivity contribution in [3.8, 4) is 0 Å².